The number of piperidine rings is 1. The maximum absolute atomic E-state index is 15.7. The Morgan fingerprint density at radius 2 is 2.00 bits per heavy atom. The lowest BCUT2D eigenvalue weighted by Crippen LogP contribution is -2.41. The number of aliphatic carboxylic acids is 1. The lowest BCUT2D eigenvalue weighted by Gasteiger charge is -2.41. The van der Waals surface area contributed by atoms with Crippen molar-refractivity contribution in [3.05, 3.63) is 35.0 Å². The van der Waals surface area contributed by atoms with E-state index in [-0.39, 0.29) is 18.3 Å². The number of benzene rings is 1. The van der Waals surface area contributed by atoms with Gasteiger partial charge in [0.1, 0.15) is 11.9 Å². The molecule has 1 saturated heterocycles. The zero-order valence-electron chi connectivity index (χ0n) is 20.5. The number of carbonyl (C=O) groups is 1. The summed E-state index contributed by atoms with van der Waals surface area (Å²) >= 11 is 6.39. The van der Waals surface area contributed by atoms with E-state index in [0.717, 1.165) is 32.5 Å². The van der Waals surface area contributed by atoms with Gasteiger partial charge in [-0.15, -0.1) is 0 Å². The lowest BCUT2D eigenvalue weighted by molar-refractivity contribution is -0.141. The van der Waals surface area contributed by atoms with Crippen molar-refractivity contribution in [1.29, 1.82) is 0 Å². The summed E-state index contributed by atoms with van der Waals surface area (Å²) in [4.78, 5) is 18.4. The Kier molecular flexibility index (Phi) is 9.96. The quantitative estimate of drug-likeness (QED) is 0.299. The van der Waals surface area contributed by atoms with E-state index in [4.69, 9.17) is 16.3 Å². The molecule has 34 heavy (non-hydrogen) atoms. The number of carboxylic acid groups (broad SMARTS) is 1. The number of halogens is 2. The van der Waals surface area contributed by atoms with E-state index in [1.165, 1.54) is 38.3 Å². The van der Waals surface area contributed by atoms with E-state index in [9.17, 15) is 9.90 Å². The van der Waals surface area contributed by atoms with Crippen molar-refractivity contribution in [2.45, 2.75) is 77.3 Å². The van der Waals surface area contributed by atoms with Crippen molar-refractivity contribution in [1.82, 2.24) is 9.88 Å². The van der Waals surface area contributed by atoms with Crippen molar-refractivity contribution in [2.24, 2.45) is 5.41 Å². The maximum Gasteiger partial charge on any atom is 0.303 e. The number of ether oxygens (including phenoxy) is 1. The molecule has 7 heteroatoms. The van der Waals surface area contributed by atoms with Gasteiger partial charge in [-0.2, -0.15) is 0 Å². The van der Waals surface area contributed by atoms with E-state index in [1.807, 2.05) is 0 Å². The van der Waals surface area contributed by atoms with E-state index in [1.54, 1.807) is 25.3 Å². The lowest BCUT2D eigenvalue weighted by atomic mass is 9.71. The molecule has 0 bridgehead atoms. The summed E-state index contributed by atoms with van der Waals surface area (Å²) in [5, 5.41) is 10.5. The van der Waals surface area contributed by atoms with Gasteiger partial charge in [0.25, 0.3) is 0 Å². The number of carboxylic acids is 1. The standard InChI is InChI=1S/C27H38ClFN2O3/c1-3-4-5-6-7-14-31-15-12-27(13-16-31,18-25(32)33)11-10-23(29)26-21-17-20(34-2)8-9-24(21)30-19-22(26)28/h8-9,17,19,23H,3-7,10-16,18H2,1-2H3,(H,32,33)/t23-/m1/s1. The van der Waals surface area contributed by atoms with E-state index >= 15 is 4.39 Å². The fraction of sp³-hybridized carbons (Fsp3) is 0.630. The third-order valence-corrected chi connectivity index (χ3v) is 7.63. The monoisotopic (exact) mass is 492 g/mol. The smallest absolute Gasteiger partial charge is 0.303 e. The molecule has 5 nitrogen and oxygen atoms in total. The third kappa shape index (κ3) is 7.05. The molecular formula is C27H38ClFN2O3. The van der Waals surface area contributed by atoms with E-state index < -0.39 is 12.1 Å². The number of alkyl halides is 1. The van der Waals surface area contributed by atoms with Crippen LogP contribution in [0.4, 0.5) is 4.39 Å². The van der Waals surface area contributed by atoms with Crippen LogP contribution in [0.1, 0.15) is 82.9 Å². The molecule has 188 valence electrons. The second kappa shape index (κ2) is 12.7. The van der Waals surface area contributed by atoms with Gasteiger partial charge in [0, 0.05) is 17.1 Å². The van der Waals surface area contributed by atoms with Gasteiger partial charge < -0.3 is 14.7 Å². The first kappa shape index (κ1) is 26.7. The van der Waals surface area contributed by atoms with Gasteiger partial charge in [0.15, 0.2) is 0 Å². The molecule has 1 fully saturated rings. The number of unbranched alkanes of at least 4 members (excludes halogenated alkanes) is 4. The number of methoxy groups -OCH3 is 1. The van der Waals surface area contributed by atoms with Crippen LogP contribution >= 0.6 is 11.6 Å². The minimum absolute atomic E-state index is 0.0860. The first-order valence-corrected chi connectivity index (χ1v) is 13.0. The number of rotatable bonds is 13. The van der Waals surface area contributed by atoms with Crippen LogP contribution in [0.5, 0.6) is 5.75 Å². The molecule has 2 aromatic rings. The van der Waals surface area contributed by atoms with Crippen LogP contribution in [-0.4, -0.2) is 47.7 Å². The largest absolute Gasteiger partial charge is 0.497 e. The summed E-state index contributed by atoms with van der Waals surface area (Å²) in [6.45, 7) is 5.05. The molecule has 1 aromatic heterocycles. The van der Waals surface area contributed by atoms with Crippen molar-refractivity contribution in [2.75, 3.05) is 26.7 Å². The first-order valence-electron chi connectivity index (χ1n) is 12.6. The highest BCUT2D eigenvalue weighted by Crippen LogP contribution is 2.44. The van der Waals surface area contributed by atoms with Gasteiger partial charge in [-0.05, 0) is 75.4 Å². The molecule has 0 amide bonds. The molecule has 1 aromatic carbocycles. The first-order chi connectivity index (χ1) is 16.4. The molecule has 0 aliphatic carbocycles. The highest BCUT2D eigenvalue weighted by Gasteiger charge is 2.37. The molecule has 3 rings (SSSR count). The average Bonchev–Trinajstić information content (AvgIpc) is 2.83. The third-order valence-electron chi connectivity index (χ3n) is 7.33. The number of likely N-dealkylation sites (tertiary alicyclic amines) is 1. The molecule has 0 radical (unpaired) electrons. The predicted octanol–water partition coefficient (Wildman–Crippen LogP) is 7.21. The Labute approximate surface area is 207 Å². The van der Waals surface area contributed by atoms with Crippen LogP contribution in [0.2, 0.25) is 5.02 Å². The normalized spacial score (nSPS) is 17.1. The zero-order chi connectivity index (χ0) is 24.6. The van der Waals surface area contributed by atoms with E-state index in [0.29, 0.717) is 33.7 Å². The Morgan fingerprint density at radius 3 is 2.68 bits per heavy atom. The summed E-state index contributed by atoms with van der Waals surface area (Å²) in [6.07, 6.45) is 8.87. The highest BCUT2D eigenvalue weighted by atomic mass is 35.5. The van der Waals surface area contributed by atoms with Crippen molar-refractivity contribution in [3.63, 3.8) is 0 Å². The van der Waals surface area contributed by atoms with E-state index in [2.05, 4.69) is 16.8 Å². The molecule has 1 N–H and O–H groups in total. The van der Waals surface area contributed by atoms with Crippen LogP contribution in [-0.2, 0) is 4.79 Å². The predicted molar refractivity (Wildman–Crippen MR) is 136 cm³/mol. The Morgan fingerprint density at radius 1 is 1.26 bits per heavy atom. The fourth-order valence-corrected chi connectivity index (χ4v) is 5.49. The van der Waals surface area contributed by atoms with Crippen molar-refractivity contribution in [3.8, 4) is 5.75 Å². The number of nitrogens with zero attached hydrogens (tertiary/aromatic N) is 2. The van der Waals surface area contributed by atoms with Gasteiger partial charge in [-0.1, -0.05) is 44.2 Å². The maximum atomic E-state index is 15.7. The summed E-state index contributed by atoms with van der Waals surface area (Å²) in [7, 11) is 1.57. The number of pyridine rings is 1. The van der Waals surface area contributed by atoms with Gasteiger partial charge in [0.05, 0.1) is 24.1 Å². The topological polar surface area (TPSA) is 62.7 Å². The fourth-order valence-electron chi connectivity index (χ4n) is 5.22. The van der Waals surface area contributed by atoms with Crippen LogP contribution in [0, 0.1) is 5.41 Å². The van der Waals surface area contributed by atoms with Crippen LogP contribution in [0.15, 0.2) is 24.4 Å². The minimum atomic E-state index is -1.30. The van der Waals surface area contributed by atoms with Crippen molar-refractivity contribution >= 4 is 28.5 Å². The number of hydrogen-bond acceptors (Lipinski definition) is 4. The molecule has 1 aliphatic heterocycles. The molecular weight excluding hydrogens is 455 g/mol. The summed E-state index contributed by atoms with van der Waals surface area (Å²) in [6, 6.07) is 5.35. The summed E-state index contributed by atoms with van der Waals surface area (Å²) < 4.78 is 21.0. The number of hydrogen-bond donors (Lipinski definition) is 1. The molecule has 0 spiro atoms. The second-order valence-corrected chi connectivity index (χ2v) is 10.1. The van der Waals surface area contributed by atoms with Crippen LogP contribution in [0.25, 0.3) is 10.9 Å². The van der Waals surface area contributed by atoms with Gasteiger partial charge in [-0.25, -0.2) is 4.39 Å². The Balaban J connectivity index is 1.66. The molecule has 1 aliphatic rings. The van der Waals surface area contributed by atoms with Crippen LogP contribution in [0.3, 0.4) is 0 Å². The Bertz CT molecular complexity index is 947. The van der Waals surface area contributed by atoms with Gasteiger partial charge >= 0.3 is 5.97 Å². The number of aromatic nitrogens is 1. The molecule has 1 atom stereocenters. The highest BCUT2D eigenvalue weighted by molar-refractivity contribution is 6.32. The summed E-state index contributed by atoms with van der Waals surface area (Å²) in [5.41, 5.74) is 0.706. The summed E-state index contributed by atoms with van der Waals surface area (Å²) in [5.74, 6) is -0.185. The molecule has 0 saturated carbocycles. The van der Waals surface area contributed by atoms with Gasteiger partial charge in [-0.3, -0.25) is 9.78 Å². The number of fused-ring (bicyclic) bond motifs is 1. The van der Waals surface area contributed by atoms with Crippen LogP contribution < -0.4 is 4.74 Å². The van der Waals surface area contributed by atoms with Gasteiger partial charge in [0.2, 0.25) is 0 Å². The molecule has 0 unspecified atom stereocenters. The van der Waals surface area contributed by atoms with Crippen molar-refractivity contribution < 1.29 is 19.0 Å². The Hall–Kier alpha value is -1.92. The zero-order valence-corrected chi connectivity index (χ0v) is 21.2. The average molecular weight is 493 g/mol. The molecule has 2 heterocycles. The minimum Gasteiger partial charge on any atom is -0.497 e. The second-order valence-electron chi connectivity index (χ2n) is 9.74. The SMILES string of the molecule is CCCCCCCN1CCC(CC[C@@H](F)c2c(Cl)cnc3ccc(OC)cc23)(CC(=O)O)CC1.